The van der Waals surface area contributed by atoms with E-state index in [9.17, 15) is 4.79 Å². The predicted molar refractivity (Wildman–Crippen MR) is 144 cm³/mol. The van der Waals surface area contributed by atoms with Gasteiger partial charge in [-0.3, -0.25) is 4.79 Å². The lowest BCUT2D eigenvalue weighted by Crippen LogP contribution is -2.54. The van der Waals surface area contributed by atoms with Gasteiger partial charge < -0.3 is 19.4 Å². The zero-order valence-corrected chi connectivity index (χ0v) is 23.1. The number of hydrogen-bond donors (Lipinski definition) is 1. The predicted octanol–water partition coefficient (Wildman–Crippen LogP) is 5.74. The van der Waals surface area contributed by atoms with Gasteiger partial charge in [-0.2, -0.15) is 0 Å². The van der Waals surface area contributed by atoms with Crippen LogP contribution in [0.2, 0.25) is 0 Å². The minimum absolute atomic E-state index is 0.113. The zero-order valence-electron chi connectivity index (χ0n) is 23.1. The van der Waals surface area contributed by atoms with Gasteiger partial charge in [0, 0.05) is 17.3 Å². The molecule has 188 valence electrons. The molecule has 1 N–H and O–H groups in total. The second-order valence-electron chi connectivity index (χ2n) is 10.8. The van der Waals surface area contributed by atoms with Crippen molar-refractivity contribution in [2.75, 3.05) is 45.2 Å². The van der Waals surface area contributed by atoms with E-state index in [-0.39, 0.29) is 5.91 Å². The lowest BCUT2D eigenvalue weighted by molar-refractivity contribution is -0.890. The molecule has 1 unspecified atom stereocenters. The first-order valence-electron chi connectivity index (χ1n) is 12.5. The summed E-state index contributed by atoms with van der Waals surface area (Å²) >= 11 is 0. The van der Waals surface area contributed by atoms with Crippen LogP contribution in [-0.2, 0) is 4.79 Å². The summed E-state index contributed by atoms with van der Waals surface area (Å²) in [5.74, 6) is 2.48. The van der Waals surface area contributed by atoms with E-state index in [1.54, 1.807) is 0 Å². The summed E-state index contributed by atoms with van der Waals surface area (Å²) in [5.41, 5.74) is 4.92. The van der Waals surface area contributed by atoms with Crippen LogP contribution in [0, 0.1) is 25.7 Å². The molecule has 1 amide bonds. The lowest BCUT2D eigenvalue weighted by atomic mass is 9.98. The number of carbonyl (C=O) groups excluding carboxylic acids is 1. The molecule has 1 aliphatic rings. The molecule has 0 aliphatic carbocycles. The Balaban J connectivity index is 2.12. The number of piperazine rings is 1. The fourth-order valence-corrected chi connectivity index (χ4v) is 3.63. The van der Waals surface area contributed by atoms with E-state index in [4.69, 9.17) is 4.74 Å². The van der Waals surface area contributed by atoms with Crippen molar-refractivity contribution in [2.45, 2.75) is 55.4 Å². The summed E-state index contributed by atoms with van der Waals surface area (Å²) in [6.07, 6.45) is 5.98. The van der Waals surface area contributed by atoms with Crippen molar-refractivity contribution in [1.82, 2.24) is 5.32 Å². The van der Waals surface area contributed by atoms with E-state index in [0.717, 1.165) is 47.7 Å². The van der Waals surface area contributed by atoms with Gasteiger partial charge in [0.1, 0.15) is 11.5 Å². The minimum atomic E-state index is -0.113. The monoisotopic (exact) mass is 468 g/mol. The van der Waals surface area contributed by atoms with Crippen LogP contribution in [-0.4, -0.2) is 50.7 Å². The fourth-order valence-electron chi connectivity index (χ4n) is 3.63. The van der Waals surface area contributed by atoms with Gasteiger partial charge >= 0.3 is 0 Å². The van der Waals surface area contributed by atoms with Gasteiger partial charge in [-0.25, -0.2) is 0 Å². The Bertz CT molecular complexity index is 960. The van der Waals surface area contributed by atoms with E-state index < -0.39 is 0 Å². The number of ether oxygens (including phenoxy) is 1. The minimum Gasteiger partial charge on any atom is -0.460 e. The van der Waals surface area contributed by atoms with Crippen molar-refractivity contribution in [2.24, 2.45) is 11.8 Å². The number of anilines is 1. The average Bonchev–Trinajstić information content (AvgIpc) is 2.76. The highest BCUT2D eigenvalue weighted by atomic mass is 16.5. The molecular weight excluding hydrogens is 422 g/mol. The molecule has 1 heterocycles. The van der Waals surface area contributed by atoms with Gasteiger partial charge in [-0.1, -0.05) is 39.0 Å². The third-order valence-corrected chi connectivity index (χ3v) is 7.18. The Morgan fingerprint density at radius 1 is 1.09 bits per heavy atom. The molecular formula is C29H46N3O2+. The first kappa shape index (κ1) is 27.7. The topological polar surface area (TPSA) is 41.6 Å². The third kappa shape index (κ3) is 7.76. The Kier molecular flexibility index (Phi) is 9.57. The van der Waals surface area contributed by atoms with Crippen LogP contribution >= 0.6 is 0 Å². The third-order valence-electron chi connectivity index (χ3n) is 7.18. The molecule has 1 aliphatic heterocycles. The lowest BCUT2D eigenvalue weighted by Gasteiger charge is -2.40. The Labute approximate surface area is 207 Å². The summed E-state index contributed by atoms with van der Waals surface area (Å²) in [6, 6.07) is 4.39. The fraction of sp³-hybridized carbons (Fsp3) is 0.552. The molecule has 0 bridgehead atoms. The number of benzene rings is 1. The second-order valence-corrected chi connectivity index (χ2v) is 10.8. The number of allylic oxidation sites excluding steroid dienone is 5. The molecule has 1 aromatic carbocycles. The molecule has 1 aromatic rings. The number of rotatable bonds is 8. The summed E-state index contributed by atoms with van der Waals surface area (Å²) in [4.78, 5) is 15.1. The molecule has 5 nitrogen and oxygen atoms in total. The van der Waals surface area contributed by atoms with Gasteiger partial charge in [0.25, 0.3) is 5.91 Å². The van der Waals surface area contributed by atoms with Crippen molar-refractivity contribution in [3.05, 3.63) is 58.5 Å². The van der Waals surface area contributed by atoms with Gasteiger partial charge in [0.15, 0.2) is 0 Å². The van der Waals surface area contributed by atoms with Crippen LogP contribution in [0.3, 0.4) is 0 Å². The highest BCUT2D eigenvalue weighted by molar-refractivity contribution is 5.94. The number of nitrogens with zero attached hydrogens (tertiary/aromatic N) is 2. The molecule has 34 heavy (non-hydrogen) atoms. The SMILES string of the molecule is CC(=CC=CC(C)C(C)C)C(=O)NC(C)=C(C)Oc1cc(N2CC[N+](C)(C)CC2)cc(C)c1C. The number of hydrogen-bond acceptors (Lipinski definition) is 3. The van der Waals surface area contributed by atoms with E-state index in [1.165, 1.54) is 11.3 Å². The van der Waals surface area contributed by atoms with Crippen LogP contribution < -0.4 is 15.0 Å². The normalized spacial score (nSPS) is 18.2. The van der Waals surface area contributed by atoms with Crippen molar-refractivity contribution < 1.29 is 14.0 Å². The molecule has 0 saturated carbocycles. The Morgan fingerprint density at radius 3 is 2.29 bits per heavy atom. The summed E-state index contributed by atoms with van der Waals surface area (Å²) < 4.78 is 7.34. The van der Waals surface area contributed by atoms with Crippen LogP contribution in [0.1, 0.15) is 52.7 Å². The maximum atomic E-state index is 12.6. The van der Waals surface area contributed by atoms with E-state index in [2.05, 4.69) is 77.1 Å². The average molecular weight is 469 g/mol. The van der Waals surface area contributed by atoms with E-state index in [0.29, 0.717) is 23.2 Å². The van der Waals surface area contributed by atoms with Crippen LogP contribution in [0.25, 0.3) is 0 Å². The van der Waals surface area contributed by atoms with Crippen LogP contribution in [0.15, 0.2) is 47.4 Å². The highest BCUT2D eigenvalue weighted by Gasteiger charge is 2.25. The van der Waals surface area contributed by atoms with Gasteiger partial charge in [0.2, 0.25) is 0 Å². The molecule has 2 rings (SSSR count). The summed E-state index contributed by atoms with van der Waals surface area (Å²) in [6.45, 7) is 20.7. The summed E-state index contributed by atoms with van der Waals surface area (Å²) in [5, 5.41) is 2.98. The van der Waals surface area contributed by atoms with Crippen molar-refractivity contribution >= 4 is 11.6 Å². The number of nitrogens with one attached hydrogen (secondary N) is 1. The van der Waals surface area contributed by atoms with Crippen LogP contribution in [0.5, 0.6) is 5.75 Å². The zero-order chi connectivity index (χ0) is 25.6. The van der Waals surface area contributed by atoms with Crippen LogP contribution in [0.4, 0.5) is 5.69 Å². The Hall–Kier alpha value is -2.53. The molecule has 0 radical (unpaired) electrons. The number of likely N-dealkylation sites (N-methyl/N-ethyl adjacent to an activating group) is 1. The van der Waals surface area contributed by atoms with Crippen molar-refractivity contribution in [3.63, 3.8) is 0 Å². The number of quaternary nitrogens is 1. The first-order chi connectivity index (χ1) is 15.8. The van der Waals surface area contributed by atoms with Crippen molar-refractivity contribution in [3.8, 4) is 5.75 Å². The smallest absolute Gasteiger partial charge is 0.251 e. The molecule has 1 fully saturated rings. The van der Waals surface area contributed by atoms with Gasteiger partial charge in [-0.15, -0.1) is 0 Å². The molecule has 1 saturated heterocycles. The van der Waals surface area contributed by atoms with E-state index in [1.807, 2.05) is 32.9 Å². The van der Waals surface area contributed by atoms with E-state index >= 15 is 0 Å². The maximum absolute atomic E-state index is 12.6. The largest absolute Gasteiger partial charge is 0.460 e. The van der Waals surface area contributed by atoms with Gasteiger partial charge in [0.05, 0.1) is 46.0 Å². The number of carbonyl (C=O) groups is 1. The number of amides is 1. The second kappa shape index (κ2) is 11.7. The quantitative estimate of drug-likeness (QED) is 0.229. The maximum Gasteiger partial charge on any atom is 0.251 e. The number of aryl methyl sites for hydroxylation is 1. The summed E-state index contributed by atoms with van der Waals surface area (Å²) in [7, 11) is 4.58. The molecule has 0 aromatic heterocycles. The van der Waals surface area contributed by atoms with Gasteiger partial charge in [-0.05, 0) is 63.6 Å². The Morgan fingerprint density at radius 2 is 1.71 bits per heavy atom. The first-order valence-corrected chi connectivity index (χ1v) is 12.5. The molecule has 0 spiro atoms. The molecule has 1 atom stereocenters. The highest BCUT2D eigenvalue weighted by Crippen LogP contribution is 2.31. The van der Waals surface area contributed by atoms with Crippen molar-refractivity contribution in [1.29, 1.82) is 0 Å². The molecule has 5 heteroatoms. The standard InChI is InChI=1S/C29H45N3O2/c1-20(2)21(3)12-11-13-22(4)29(33)30-25(7)26(8)34-28-19-27(18-23(5)24(28)6)31-14-16-32(9,10)17-15-31/h11-13,18-21H,14-17H2,1-10H3/p+1.